The molecule has 1 aliphatic heterocycles. The van der Waals surface area contributed by atoms with E-state index in [0.29, 0.717) is 6.42 Å². The summed E-state index contributed by atoms with van der Waals surface area (Å²) in [4.78, 5) is 16.6. The first-order valence-electron chi connectivity index (χ1n) is 8.21. The van der Waals surface area contributed by atoms with Gasteiger partial charge in [0.25, 0.3) is 0 Å². The van der Waals surface area contributed by atoms with Crippen molar-refractivity contribution in [1.29, 1.82) is 0 Å². The molecule has 0 bridgehead atoms. The number of hydrogen-bond acceptors (Lipinski definition) is 4. The third-order valence-electron chi connectivity index (χ3n) is 4.49. The lowest BCUT2D eigenvalue weighted by Gasteiger charge is -2.38. The number of carbonyl (C=O) groups is 1. The van der Waals surface area contributed by atoms with Gasteiger partial charge in [0.1, 0.15) is 5.82 Å². The fourth-order valence-electron chi connectivity index (χ4n) is 2.78. The summed E-state index contributed by atoms with van der Waals surface area (Å²) >= 11 is 0. The fraction of sp³-hybridized carbons (Fsp3) is 0.588. The van der Waals surface area contributed by atoms with Crippen molar-refractivity contribution >= 4 is 11.6 Å². The molecule has 0 spiro atoms. The van der Waals surface area contributed by atoms with Gasteiger partial charge in [0.2, 0.25) is 5.91 Å². The van der Waals surface area contributed by atoms with Crippen LogP contribution in [0.4, 0.5) is 10.1 Å². The van der Waals surface area contributed by atoms with E-state index in [2.05, 4.69) is 15.1 Å². The zero-order valence-corrected chi connectivity index (χ0v) is 13.8. The summed E-state index contributed by atoms with van der Waals surface area (Å²) in [6.45, 7) is 6.97. The Morgan fingerprint density at radius 3 is 2.39 bits per heavy atom. The minimum absolute atomic E-state index is 0.0344. The molecule has 2 atom stereocenters. The van der Waals surface area contributed by atoms with Crippen LogP contribution in [0.1, 0.15) is 20.3 Å². The molecule has 2 rings (SSSR count). The lowest BCUT2D eigenvalue weighted by molar-refractivity contribution is -0.127. The standard InChI is InChI=1S/C17H26FN3O2/c1-3-15(12-22)19-17(23)13(2)20-8-10-21(11-9-20)16-6-4-14(18)5-7-16/h4-7,13,15,22H,3,8-12H2,1-2H3,(H,19,23). The molecule has 0 saturated carbocycles. The maximum absolute atomic E-state index is 13.0. The number of benzene rings is 1. The molecule has 1 fully saturated rings. The number of halogens is 1. The number of aliphatic hydroxyl groups excluding tert-OH is 1. The number of hydrogen-bond donors (Lipinski definition) is 2. The van der Waals surface area contributed by atoms with Crippen LogP contribution in [-0.4, -0.2) is 60.8 Å². The number of rotatable bonds is 6. The van der Waals surface area contributed by atoms with Crippen LogP contribution in [0.25, 0.3) is 0 Å². The van der Waals surface area contributed by atoms with Crippen LogP contribution in [0.3, 0.4) is 0 Å². The Bertz CT molecular complexity index is 497. The second kappa shape index (κ2) is 8.26. The van der Waals surface area contributed by atoms with Gasteiger partial charge in [-0.2, -0.15) is 0 Å². The van der Waals surface area contributed by atoms with Crippen molar-refractivity contribution < 1.29 is 14.3 Å². The van der Waals surface area contributed by atoms with E-state index in [4.69, 9.17) is 0 Å². The predicted octanol–water partition coefficient (Wildman–Crippen LogP) is 1.22. The van der Waals surface area contributed by atoms with Crippen molar-refractivity contribution in [2.45, 2.75) is 32.4 Å². The van der Waals surface area contributed by atoms with Crippen molar-refractivity contribution in [2.24, 2.45) is 0 Å². The average molecular weight is 323 g/mol. The summed E-state index contributed by atoms with van der Waals surface area (Å²) < 4.78 is 13.0. The normalized spacial score (nSPS) is 18.5. The lowest BCUT2D eigenvalue weighted by atomic mass is 10.1. The zero-order chi connectivity index (χ0) is 16.8. The molecule has 5 nitrogen and oxygen atoms in total. The molecule has 2 N–H and O–H groups in total. The van der Waals surface area contributed by atoms with E-state index < -0.39 is 0 Å². The quantitative estimate of drug-likeness (QED) is 0.827. The molecule has 1 amide bonds. The SMILES string of the molecule is CCC(CO)NC(=O)C(C)N1CCN(c2ccc(F)cc2)CC1. The summed E-state index contributed by atoms with van der Waals surface area (Å²) in [7, 11) is 0. The van der Waals surface area contributed by atoms with E-state index in [1.807, 2.05) is 13.8 Å². The third kappa shape index (κ3) is 4.65. The molecule has 0 radical (unpaired) electrons. The number of piperazine rings is 1. The molecule has 2 unspecified atom stereocenters. The molecule has 1 saturated heterocycles. The highest BCUT2D eigenvalue weighted by Crippen LogP contribution is 2.17. The van der Waals surface area contributed by atoms with E-state index in [-0.39, 0.29) is 30.4 Å². The van der Waals surface area contributed by atoms with Crippen LogP contribution in [-0.2, 0) is 4.79 Å². The summed E-state index contributed by atoms with van der Waals surface area (Å²) in [5, 5.41) is 12.1. The van der Waals surface area contributed by atoms with Gasteiger partial charge in [-0.25, -0.2) is 4.39 Å². The Kier molecular flexibility index (Phi) is 6.36. The van der Waals surface area contributed by atoms with Gasteiger partial charge in [0, 0.05) is 31.9 Å². The topological polar surface area (TPSA) is 55.8 Å². The van der Waals surface area contributed by atoms with Crippen LogP contribution >= 0.6 is 0 Å². The highest BCUT2D eigenvalue weighted by molar-refractivity contribution is 5.81. The Morgan fingerprint density at radius 2 is 1.87 bits per heavy atom. The highest BCUT2D eigenvalue weighted by Gasteiger charge is 2.26. The first-order valence-corrected chi connectivity index (χ1v) is 8.21. The second-order valence-electron chi connectivity index (χ2n) is 5.97. The van der Waals surface area contributed by atoms with Crippen LogP contribution in [0.15, 0.2) is 24.3 Å². The molecule has 1 heterocycles. The van der Waals surface area contributed by atoms with Crippen LogP contribution < -0.4 is 10.2 Å². The Labute approximate surface area is 137 Å². The van der Waals surface area contributed by atoms with Gasteiger partial charge in [0.15, 0.2) is 0 Å². The molecule has 6 heteroatoms. The van der Waals surface area contributed by atoms with Gasteiger partial charge in [-0.05, 0) is 37.6 Å². The maximum Gasteiger partial charge on any atom is 0.237 e. The highest BCUT2D eigenvalue weighted by atomic mass is 19.1. The van der Waals surface area contributed by atoms with E-state index in [1.165, 1.54) is 12.1 Å². The average Bonchev–Trinajstić information content (AvgIpc) is 2.59. The van der Waals surface area contributed by atoms with E-state index in [0.717, 1.165) is 31.9 Å². The molecule has 1 aromatic carbocycles. The smallest absolute Gasteiger partial charge is 0.237 e. The number of anilines is 1. The number of nitrogens with one attached hydrogen (secondary N) is 1. The predicted molar refractivity (Wildman–Crippen MR) is 89.0 cm³/mol. The zero-order valence-electron chi connectivity index (χ0n) is 13.8. The minimum Gasteiger partial charge on any atom is -0.394 e. The van der Waals surface area contributed by atoms with Crippen LogP contribution in [0, 0.1) is 5.82 Å². The largest absolute Gasteiger partial charge is 0.394 e. The van der Waals surface area contributed by atoms with Crippen molar-refractivity contribution in [3.8, 4) is 0 Å². The van der Waals surface area contributed by atoms with Crippen molar-refractivity contribution in [3.05, 3.63) is 30.1 Å². The number of carbonyl (C=O) groups excluding carboxylic acids is 1. The first kappa shape index (κ1) is 17.7. The molecule has 0 aliphatic carbocycles. The second-order valence-corrected chi connectivity index (χ2v) is 5.97. The van der Waals surface area contributed by atoms with E-state index in [9.17, 15) is 14.3 Å². The number of nitrogens with zero attached hydrogens (tertiary/aromatic N) is 2. The summed E-state index contributed by atoms with van der Waals surface area (Å²) in [6, 6.07) is 6.12. The maximum atomic E-state index is 13.0. The van der Waals surface area contributed by atoms with Crippen LogP contribution in [0.2, 0.25) is 0 Å². The minimum atomic E-state index is -0.230. The monoisotopic (exact) mass is 323 g/mol. The van der Waals surface area contributed by atoms with E-state index >= 15 is 0 Å². The van der Waals surface area contributed by atoms with Gasteiger partial charge in [-0.15, -0.1) is 0 Å². The molecular weight excluding hydrogens is 297 g/mol. The number of aliphatic hydroxyl groups is 1. The molecule has 1 aromatic rings. The summed E-state index contributed by atoms with van der Waals surface area (Å²) in [5.74, 6) is -0.270. The van der Waals surface area contributed by atoms with Crippen molar-refractivity contribution in [3.63, 3.8) is 0 Å². The van der Waals surface area contributed by atoms with Crippen molar-refractivity contribution in [2.75, 3.05) is 37.7 Å². The van der Waals surface area contributed by atoms with Gasteiger partial charge in [0.05, 0.1) is 18.7 Å². The Hall–Kier alpha value is -1.66. The first-order chi connectivity index (χ1) is 11.0. The van der Waals surface area contributed by atoms with Gasteiger partial charge >= 0.3 is 0 Å². The van der Waals surface area contributed by atoms with E-state index in [1.54, 1.807) is 12.1 Å². The van der Waals surface area contributed by atoms with Crippen molar-refractivity contribution in [1.82, 2.24) is 10.2 Å². The van der Waals surface area contributed by atoms with Gasteiger partial charge in [-0.1, -0.05) is 6.92 Å². The molecule has 23 heavy (non-hydrogen) atoms. The molecule has 128 valence electrons. The molecule has 0 aromatic heterocycles. The lowest BCUT2D eigenvalue weighted by Crippen LogP contribution is -2.55. The number of amides is 1. The summed E-state index contributed by atoms with van der Waals surface area (Å²) in [5.41, 5.74) is 1.01. The third-order valence-corrected chi connectivity index (χ3v) is 4.49. The molecular formula is C17H26FN3O2. The van der Waals surface area contributed by atoms with Gasteiger partial charge < -0.3 is 15.3 Å². The Morgan fingerprint density at radius 1 is 1.26 bits per heavy atom. The summed E-state index contributed by atoms with van der Waals surface area (Å²) in [6.07, 6.45) is 0.716. The van der Waals surface area contributed by atoms with Crippen LogP contribution in [0.5, 0.6) is 0 Å². The molecule has 1 aliphatic rings. The van der Waals surface area contributed by atoms with Gasteiger partial charge in [-0.3, -0.25) is 9.69 Å². The fourth-order valence-corrected chi connectivity index (χ4v) is 2.78. The Balaban J connectivity index is 1.85.